The van der Waals surface area contributed by atoms with E-state index in [9.17, 15) is 19.5 Å². The molecule has 1 heterocycles. The van der Waals surface area contributed by atoms with Gasteiger partial charge in [-0.2, -0.15) is 0 Å². The van der Waals surface area contributed by atoms with Gasteiger partial charge < -0.3 is 10.2 Å². The minimum atomic E-state index is -1.31. The summed E-state index contributed by atoms with van der Waals surface area (Å²) in [5, 5.41) is 18.6. The van der Waals surface area contributed by atoms with Crippen LogP contribution in [0.3, 0.4) is 0 Å². The Kier molecular flexibility index (Phi) is 2.49. The first-order valence-corrected chi connectivity index (χ1v) is 7.11. The van der Waals surface area contributed by atoms with Gasteiger partial charge in [0.25, 0.3) is 0 Å². The van der Waals surface area contributed by atoms with Gasteiger partial charge >= 0.3 is 5.97 Å². The van der Waals surface area contributed by atoms with Crippen molar-refractivity contribution in [1.29, 1.82) is 0 Å². The Labute approximate surface area is 125 Å². The number of allylic oxidation sites excluding steroid dienone is 2. The second kappa shape index (κ2) is 4.19. The van der Waals surface area contributed by atoms with E-state index in [0.29, 0.717) is 0 Å². The van der Waals surface area contributed by atoms with Crippen LogP contribution < -0.4 is 4.90 Å². The molecule has 0 aromatic heterocycles. The summed E-state index contributed by atoms with van der Waals surface area (Å²) in [6.07, 6.45) is 4.84. The van der Waals surface area contributed by atoms with Gasteiger partial charge in [0.15, 0.2) is 0 Å². The Balaban J connectivity index is 1.76. The van der Waals surface area contributed by atoms with Crippen LogP contribution in [0.1, 0.15) is 16.8 Å². The summed E-state index contributed by atoms with van der Waals surface area (Å²) in [7, 11) is 0. The molecule has 0 radical (unpaired) electrons. The van der Waals surface area contributed by atoms with Crippen molar-refractivity contribution in [1.82, 2.24) is 0 Å². The van der Waals surface area contributed by atoms with Crippen LogP contribution in [0.2, 0.25) is 0 Å². The average molecular weight is 299 g/mol. The van der Waals surface area contributed by atoms with Crippen molar-refractivity contribution in [2.45, 2.75) is 6.42 Å². The molecular weight excluding hydrogens is 286 g/mol. The molecule has 3 aliphatic rings. The van der Waals surface area contributed by atoms with Gasteiger partial charge in [0.1, 0.15) is 11.3 Å². The number of carbonyl (C=O) groups is 3. The van der Waals surface area contributed by atoms with Gasteiger partial charge in [-0.25, -0.2) is 9.69 Å². The fourth-order valence-corrected chi connectivity index (χ4v) is 3.99. The highest BCUT2D eigenvalue weighted by Gasteiger charge is 2.59. The molecule has 2 amide bonds. The second-order valence-electron chi connectivity index (χ2n) is 6.02. The zero-order chi connectivity index (χ0) is 15.6. The summed E-state index contributed by atoms with van der Waals surface area (Å²) in [6, 6.07) is 3.76. The smallest absolute Gasteiger partial charge is 0.339 e. The number of carboxylic acid groups (broad SMARTS) is 1. The number of amides is 2. The molecule has 2 N–H and O–H groups in total. The number of benzene rings is 1. The van der Waals surface area contributed by atoms with Gasteiger partial charge in [-0.15, -0.1) is 0 Å². The molecule has 22 heavy (non-hydrogen) atoms. The zero-order valence-electron chi connectivity index (χ0n) is 11.5. The summed E-state index contributed by atoms with van der Waals surface area (Å²) in [5.74, 6) is -2.69. The molecule has 4 rings (SSSR count). The van der Waals surface area contributed by atoms with E-state index in [-0.39, 0.29) is 46.7 Å². The largest absolute Gasteiger partial charge is 0.507 e. The number of anilines is 1. The molecule has 1 aliphatic heterocycles. The molecule has 0 spiro atoms. The molecule has 6 heteroatoms. The van der Waals surface area contributed by atoms with E-state index < -0.39 is 11.7 Å². The van der Waals surface area contributed by atoms with Crippen molar-refractivity contribution in [2.24, 2.45) is 23.7 Å². The van der Waals surface area contributed by atoms with Gasteiger partial charge in [-0.3, -0.25) is 9.59 Å². The van der Waals surface area contributed by atoms with Gasteiger partial charge in [0.2, 0.25) is 11.8 Å². The van der Waals surface area contributed by atoms with Gasteiger partial charge in [-0.1, -0.05) is 12.2 Å². The number of nitrogens with zero attached hydrogens (tertiary/aromatic N) is 1. The van der Waals surface area contributed by atoms with Crippen LogP contribution in [0.15, 0.2) is 30.4 Å². The molecule has 2 fully saturated rings. The number of imide groups is 1. The summed E-state index contributed by atoms with van der Waals surface area (Å²) in [5.41, 5.74) is -0.116. The molecule has 1 aromatic carbocycles. The molecular formula is C16H13NO5. The Morgan fingerprint density at radius 2 is 1.68 bits per heavy atom. The molecule has 1 aromatic rings. The fourth-order valence-electron chi connectivity index (χ4n) is 3.99. The SMILES string of the molecule is O=C(O)c1cc(N2C(=O)C3C4C=CC(C4)C3C2=O)ccc1O. The number of aromatic carboxylic acids is 1. The molecule has 4 atom stereocenters. The normalized spacial score (nSPS) is 31.9. The molecule has 1 saturated carbocycles. The van der Waals surface area contributed by atoms with Gasteiger partial charge in [0, 0.05) is 0 Å². The number of phenols is 1. The molecule has 2 bridgehead atoms. The number of carbonyl (C=O) groups excluding carboxylic acids is 2. The topological polar surface area (TPSA) is 94.9 Å². The number of fused-ring (bicyclic) bond motifs is 5. The lowest BCUT2D eigenvalue weighted by atomic mass is 9.85. The van der Waals surface area contributed by atoms with E-state index in [1.165, 1.54) is 18.2 Å². The number of carboxylic acids is 1. The lowest BCUT2D eigenvalue weighted by Crippen LogP contribution is -2.33. The maximum Gasteiger partial charge on any atom is 0.339 e. The minimum absolute atomic E-state index is 0.104. The predicted molar refractivity (Wildman–Crippen MR) is 75.3 cm³/mol. The van der Waals surface area contributed by atoms with E-state index in [4.69, 9.17) is 5.11 Å². The fraction of sp³-hybridized carbons (Fsp3) is 0.312. The van der Waals surface area contributed by atoms with Crippen LogP contribution >= 0.6 is 0 Å². The Bertz CT molecular complexity index is 723. The monoisotopic (exact) mass is 299 g/mol. The first kappa shape index (κ1) is 13.1. The highest BCUT2D eigenvalue weighted by Crippen LogP contribution is 2.53. The third kappa shape index (κ3) is 1.52. The van der Waals surface area contributed by atoms with Crippen molar-refractivity contribution in [2.75, 3.05) is 4.90 Å². The van der Waals surface area contributed by atoms with Gasteiger partial charge in [0.05, 0.1) is 17.5 Å². The van der Waals surface area contributed by atoms with E-state index in [0.717, 1.165) is 11.3 Å². The van der Waals surface area contributed by atoms with Crippen LogP contribution in [-0.4, -0.2) is 28.0 Å². The molecule has 2 aliphatic carbocycles. The van der Waals surface area contributed by atoms with Crippen molar-refractivity contribution < 1.29 is 24.6 Å². The van der Waals surface area contributed by atoms with Gasteiger partial charge in [-0.05, 0) is 36.5 Å². The van der Waals surface area contributed by atoms with E-state index in [2.05, 4.69) is 0 Å². The van der Waals surface area contributed by atoms with Crippen LogP contribution in [0.5, 0.6) is 5.75 Å². The summed E-state index contributed by atoms with van der Waals surface area (Å²) in [4.78, 5) is 37.4. The standard InChI is InChI=1S/C16H13NO5/c18-11-4-3-9(6-10(11)16(21)22)17-14(19)12-7-1-2-8(5-7)13(12)15(17)20/h1-4,6-8,12-13,18H,5H2,(H,21,22). The Morgan fingerprint density at radius 1 is 1.09 bits per heavy atom. The quantitative estimate of drug-likeness (QED) is 0.636. The second-order valence-corrected chi connectivity index (χ2v) is 6.02. The summed E-state index contributed by atoms with van der Waals surface area (Å²) in [6.45, 7) is 0. The number of aromatic hydroxyl groups is 1. The molecule has 112 valence electrons. The van der Waals surface area contributed by atoms with Crippen molar-refractivity contribution >= 4 is 23.5 Å². The molecule has 4 unspecified atom stereocenters. The highest BCUT2D eigenvalue weighted by molar-refractivity contribution is 6.23. The maximum absolute atomic E-state index is 12.6. The summed E-state index contributed by atoms with van der Waals surface area (Å²) < 4.78 is 0. The van der Waals surface area contributed by atoms with E-state index in [1.807, 2.05) is 12.2 Å². The van der Waals surface area contributed by atoms with Crippen molar-refractivity contribution in [3.8, 4) is 5.75 Å². The number of rotatable bonds is 2. The lowest BCUT2D eigenvalue weighted by molar-refractivity contribution is -0.123. The summed E-state index contributed by atoms with van der Waals surface area (Å²) >= 11 is 0. The Morgan fingerprint density at radius 3 is 2.23 bits per heavy atom. The maximum atomic E-state index is 12.6. The van der Waals surface area contributed by atoms with Crippen molar-refractivity contribution in [3.63, 3.8) is 0 Å². The highest BCUT2D eigenvalue weighted by atomic mass is 16.4. The van der Waals surface area contributed by atoms with Crippen LogP contribution in [0.25, 0.3) is 0 Å². The molecule has 6 nitrogen and oxygen atoms in total. The number of hydrogen-bond donors (Lipinski definition) is 2. The van der Waals surface area contributed by atoms with Crippen LogP contribution in [0.4, 0.5) is 5.69 Å². The Hall–Kier alpha value is -2.63. The van der Waals surface area contributed by atoms with Crippen molar-refractivity contribution in [3.05, 3.63) is 35.9 Å². The first-order chi connectivity index (χ1) is 10.5. The lowest BCUT2D eigenvalue weighted by Gasteiger charge is -2.18. The average Bonchev–Trinajstić information content (AvgIpc) is 3.14. The van der Waals surface area contributed by atoms with Crippen LogP contribution in [0, 0.1) is 23.7 Å². The first-order valence-electron chi connectivity index (χ1n) is 7.11. The molecule has 1 saturated heterocycles. The third-order valence-corrected chi connectivity index (χ3v) is 4.94. The third-order valence-electron chi connectivity index (χ3n) is 4.94. The predicted octanol–water partition coefficient (Wildman–Crippen LogP) is 1.40. The zero-order valence-corrected chi connectivity index (χ0v) is 11.5. The van der Waals surface area contributed by atoms with E-state index in [1.54, 1.807) is 0 Å². The number of hydrogen-bond acceptors (Lipinski definition) is 4. The van der Waals surface area contributed by atoms with E-state index >= 15 is 0 Å². The van der Waals surface area contributed by atoms with Crippen LogP contribution in [-0.2, 0) is 9.59 Å². The minimum Gasteiger partial charge on any atom is -0.507 e.